The largest absolute Gasteiger partial charge is 0.494 e. The highest BCUT2D eigenvalue weighted by molar-refractivity contribution is 6.07. The van der Waals surface area contributed by atoms with E-state index < -0.39 is 5.82 Å². The summed E-state index contributed by atoms with van der Waals surface area (Å²) in [6.07, 6.45) is 1.83. The van der Waals surface area contributed by atoms with Crippen LogP contribution in [-0.2, 0) is 11.3 Å². The number of methoxy groups -OCH3 is 2. The average molecular weight is 370 g/mol. The molecule has 0 aliphatic heterocycles. The second-order valence-corrected chi connectivity index (χ2v) is 6.34. The minimum Gasteiger partial charge on any atom is -0.494 e. The van der Waals surface area contributed by atoms with Gasteiger partial charge in [-0.15, -0.1) is 0 Å². The van der Waals surface area contributed by atoms with Crippen molar-refractivity contribution in [2.75, 3.05) is 20.8 Å². The van der Waals surface area contributed by atoms with Crippen LogP contribution in [0.2, 0.25) is 0 Å². The fourth-order valence-electron chi connectivity index (χ4n) is 3.11. The highest BCUT2D eigenvalue weighted by Gasteiger charge is 2.18. The molecule has 0 radical (unpaired) electrons. The third kappa shape index (κ3) is 3.95. The molecule has 0 spiro atoms. The van der Waals surface area contributed by atoms with Crippen molar-refractivity contribution < 1.29 is 18.7 Å². The lowest BCUT2D eigenvalue weighted by molar-refractivity contribution is 0.0941. The van der Waals surface area contributed by atoms with Gasteiger partial charge in [-0.2, -0.15) is 0 Å². The van der Waals surface area contributed by atoms with Crippen LogP contribution in [0.25, 0.3) is 10.9 Å². The first kappa shape index (κ1) is 18.9. The topological polar surface area (TPSA) is 52.5 Å². The molecule has 1 aromatic heterocycles. The number of para-hydroxylation sites is 1. The van der Waals surface area contributed by atoms with E-state index in [9.17, 15) is 9.18 Å². The highest BCUT2D eigenvalue weighted by Crippen LogP contribution is 2.24. The van der Waals surface area contributed by atoms with Crippen molar-refractivity contribution in [3.05, 3.63) is 65.6 Å². The summed E-state index contributed by atoms with van der Waals surface area (Å²) in [5.74, 6) is -0.475. The van der Waals surface area contributed by atoms with Gasteiger partial charge in [0.25, 0.3) is 5.91 Å². The summed E-state index contributed by atoms with van der Waals surface area (Å²) < 4.78 is 26.0. The van der Waals surface area contributed by atoms with Crippen LogP contribution in [0.15, 0.2) is 48.7 Å². The third-order valence-corrected chi connectivity index (χ3v) is 4.59. The summed E-state index contributed by atoms with van der Waals surface area (Å²) in [6, 6.07) is 12.1. The van der Waals surface area contributed by atoms with E-state index in [1.807, 2.05) is 42.0 Å². The Bertz CT molecular complexity index is 952. The van der Waals surface area contributed by atoms with E-state index >= 15 is 0 Å². The van der Waals surface area contributed by atoms with E-state index in [0.717, 1.165) is 10.9 Å². The number of benzene rings is 2. The number of halogens is 1. The standard InChI is InChI=1S/C21H23FN2O3/c1-14(15-8-9-20(27-3)18(22)12-15)23-21(25)17-13-24(10-11-26-2)19-7-5-4-6-16(17)19/h4-9,12-14H,10-11H2,1-3H3,(H,23,25)/t14-/m1/s1. The molecule has 27 heavy (non-hydrogen) atoms. The average Bonchev–Trinajstić information content (AvgIpc) is 3.05. The van der Waals surface area contributed by atoms with Gasteiger partial charge in [0, 0.05) is 30.8 Å². The van der Waals surface area contributed by atoms with E-state index in [0.29, 0.717) is 24.3 Å². The number of hydrogen-bond acceptors (Lipinski definition) is 3. The Morgan fingerprint density at radius 1 is 1.22 bits per heavy atom. The maximum Gasteiger partial charge on any atom is 0.253 e. The lowest BCUT2D eigenvalue weighted by Crippen LogP contribution is -2.26. The Kier molecular flexibility index (Phi) is 5.76. The van der Waals surface area contributed by atoms with Crippen molar-refractivity contribution in [1.82, 2.24) is 9.88 Å². The number of ether oxygens (including phenoxy) is 2. The van der Waals surface area contributed by atoms with E-state index in [-0.39, 0.29) is 17.7 Å². The number of fused-ring (bicyclic) bond motifs is 1. The van der Waals surface area contributed by atoms with Gasteiger partial charge in [-0.3, -0.25) is 4.79 Å². The Balaban J connectivity index is 1.84. The molecule has 0 saturated carbocycles. The summed E-state index contributed by atoms with van der Waals surface area (Å²) in [7, 11) is 3.07. The van der Waals surface area contributed by atoms with Crippen molar-refractivity contribution >= 4 is 16.8 Å². The molecule has 0 aliphatic carbocycles. The molecule has 6 heteroatoms. The van der Waals surface area contributed by atoms with Crippen LogP contribution in [0.4, 0.5) is 4.39 Å². The first-order chi connectivity index (χ1) is 13.0. The minimum absolute atomic E-state index is 0.179. The predicted octanol–water partition coefficient (Wildman–Crippen LogP) is 3.93. The second-order valence-electron chi connectivity index (χ2n) is 6.34. The summed E-state index contributed by atoms with van der Waals surface area (Å²) in [6.45, 7) is 3.04. The van der Waals surface area contributed by atoms with Crippen LogP contribution in [0.1, 0.15) is 28.9 Å². The van der Waals surface area contributed by atoms with Gasteiger partial charge in [0.2, 0.25) is 0 Å². The van der Waals surface area contributed by atoms with E-state index in [4.69, 9.17) is 9.47 Å². The zero-order valence-electron chi connectivity index (χ0n) is 15.7. The molecule has 0 unspecified atom stereocenters. The van der Waals surface area contributed by atoms with Gasteiger partial charge >= 0.3 is 0 Å². The molecule has 0 bridgehead atoms. The number of nitrogens with zero attached hydrogens (tertiary/aromatic N) is 1. The molecule has 1 heterocycles. The predicted molar refractivity (Wildman–Crippen MR) is 103 cm³/mol. The number of carbonyl (C=O) groups is 1. The smallest absolute Gasteiger partial charge is 0.253 e. The summed E-state index contributed by atoms with van der Waals surface area (Å²) in [4.78, 5) is 12.9. The van der Waals surface area contributed by atoms with Gasteiger partial charge in [0.05, 0.1) is 25.3 Å². The van der Waals surface area contributed by atoms with Crippen LogP contribution in [0.5, 0.6) is 5.75 Å². The molecule has 1 amide bonds. The molecule has 1 N–H and O–H groups in total. The zero-order valence-corrected chi connectivity index (χ0v) is 15.7. The van der Waals surface area contributed by atoms with Crippen molar-refractivity contribution in [3.63, 3.8) is 0 Å². The van der Waals surface area contributed by atoms with Crippen molar-refractivity contribution in [1.29, 1.82) is 0 Å². The Hall–Kier alpha value is -2.86. The van der Waals surface area contributed by atoms with E-state index in [1.165, 1.54) is 13.2 Å². The molecular formula is C21H23FN2O3. The summed E-state index contributed by atoms with van der Waals surface area (Å²) >= 11 is 0. The zero-order chi connectivity index (χ0) is 19.4. The first-order valence-electron chi connectivity index (χ1n) is 8.76. The van der Waals surface area contributed by atoms with E-state index in [2.05, 4.69) is 5.32 Å². The van der Waals surface area contributed by atoms with Crippen LogP contribution < -0.4 is 10.1 Å². The molecule has 142 valence electrons. The maximum absolute atomic E-state index is 13.9. The lowest BCUT2D eigenvalue weighted by Gasteiger charge is -2.15. The molecule has 0 aliphatic rings. The Labute approximate surface area is 157 Å². The highest BCUT2D eigenvalue weighted by atomic mass is 19.1. The minimum atomic E-state index is -0.452. The number of rotatable bonds is 7. The van der Waals surface area contributed by atoms with Crippen LogP contribution in [0.3, 0.4) is 0 Å². The fourth-order valence-corrected chi connectivity index (χ4v) is 3.11. The van der Waals surface area contributed by atoms with Gasteiger partial charge in [-0.05, 0) is 30.7 Å². The van der Waals surface area contributed by atoms with Gasteiger partial charge in [0.15, 0.2) is 11.6 Å². The van der Waals surface area contributed by atoms with Gasteiger partial charge in [-0.1, -0.05) is 24.3 Å². The fraction of sp³-hybridized carbons (Fsp3) is 0.286. The van der Waals surface area contributed by atoms with Gasteiger partial charge in [-0.25, -0.2) is 4.39 Å². The van der Waals surface area contributed by atoms with Crippen LogP contribution in [0, 0.1) is 5.82 Å². The number of nitrogens with one attached hydrogen (secondary N) is 1. The van der Waals surface area contributed by atoms with Crippen LogP contribution in [-0.4, -0.2) is 31.3 Å². The Morgan fingerprint density at radius 3 is 2.70 bits per heavy atom. The summed E-state index contributed by atoms with van der Waals surface area (Å²) in [5.41, 5.74) is 2.23. The lowest BCUT2D eigenvalue weighted by atomic mass is 10.1. The van der Waals surface area contributed by atoms with E-state index in [1.54, 1.807) is 19.2 Å². The van der Waals surface area contributed by atoms with Crippen molar-refractivity contribution in [2.45, 2.75) is 19.5 Å². The third-order valence-electron chi connectivity index (χ3n) is 4.59. The van der Waals surface area contributed by atoms with Crippen molar-refractivity contribution in [3.8, 4) is 5.75 Å². The maximum atomic E-state index is 13.9. The van der Waals surface area contributed by atoms with Gasteiger partial charge < -0.3 is 19.4 Å². The first-order valence-corrected chi connectivity index (χ1v) is 8.76. The molecule has 0 saturated heterocycles. The molecule has 3 aromatic rings. The number of amides is 1. The Morgan fingerprint density at radius 2 is 2.00 bits per heavy atom. The molecular weight excluding hydrogens is 347 g/mol. The number of carbonyl (C=O) groups excluding carboxylic acids is 1. The number of hydrogen-bond donors (Lipinski definition) is 1. The number of aromatic nitrogens is 1. The second kappa shape index (κ2) is 8.22. The van der Waals surface area contributed by atoms with Crippen LogP contribution >= 0.6 is 0 Å². The molecule has 1 atom stereocenters. The normalized spacial score (nSPS) is 12.1. The molecule has 5 nitrogen and oxygen atoms in total. The quantitative estimate of drug-likeness (QED) is 0.686. The molecule has 2 aromatic carbocycles. The summed E-state index contributed by atoms with van der Waals surface area (Å²) in [5, 5.41) is 3.82. The van der Waals surface area contributed by atoms with Gasteiger partial charge in [0.1, 0.15) is 0 Å². The monoisotopic (exact) mass is 370 g/mol. The van der Waals surface area contributed by atoms with Crippen molar-refractivity contribution in [2.24, 2.45) is 0 Å². The molecule has 3 rings (SSSR count). The SMILES string of the molecule is COCCn1cc(C(=O)N[C@H](C)c2ccc(OC)c(F)c2)c2ccccc21. The molecule has 0 fully saturated rings.